The van der Waals surface area contributed by atoms with Crippen molar-refractivity contribution in [3.05, 3.63) is 29.8 Å². The molecule has 0 atom stereocenters. The molecular weight excluding hydrogens is 212 g/mol. The van der Waals surface area contributed by atoms with Gasteiger partial charge in [0.25, 0.3) is 0 Å². The topological polar surface area (TPSA) is 30.3 Å². The van der Waals surface area contributed by atoms with Crippen LogP contribution >= 0.6 is 0 Å². The van der Waals surface area contributed by atoms with Crippen LogP contribution in [0, 0.1) is 0 Å². The van der Waals surface area contributed by atoms with Gasteiger partial charge in [0.05, 0.1) is 33.3 Å². The van der Waals surface area contributed by atoms with E-state index in [1.807, 2.05) is 12.1 Å². The second-order valence-electron chi connectivity index (χ2n) is 5.08. The molecule has 94 valence electrons. The van der Waals surface area contributed by atoms with E-state index >= 15 is 0 Å². The first-order valence-electron chi connectivity index (χ1n) is 6.55. The summed E-state index contributed by atoms with van der Waals surface area (Å²) in [5, 5.41) is 2.49. The summed E-state index contributed by atoms with van der Waals surface area (Å²) in [6, 6.07) is 9.23. The fourth-order valence-corrected chi connectivity index (χ4v) is 2.43. The molecule has 3 N–H and O–H groups in total. The standard InChI is InChI=1S/C14H22N2O/c1-16-9-7-13(8-10-16)15-11-12-3-5-14(17-2)6-4-12/h3-6,13,15H,7-11H2,1-2H3/p+2. The van der Waals surface area contributed by atoms with Gasteiger partial charge in [-0.3, -0.25) is 0 Å². The zero-order valence-electron chi connectivity index (χ0n) is 10.9. The smallest absolute Gasteiger partial charge is 0.118 e. The summed E-state index contributed by atoms with van der Waals surface area (Å²) in [6.45, 7) is 3.74. The Morgan fingerprint density at radius 3 is 2.47 bits per heavy atom. The van der Waals surface area contributed by atoms with Gasteiger partial charge >= 0.3 is 0 Å². The van der Waals surface area contributed by atoms with Crippen LogP contribution in [0.2, 0.25) is 0 Å². The van der Waals surface area contributed by atoms with E-state index < -0.39 is 0 Å². The average molecular weight is 236 g/mol. The van der Waals surface area contributed by atoms with Crippen LogP contribution in [-0.2, 0) is 6.54 Å². The van der Waals surface area contributed by atoms with Crippen molar-refractivity contribution < 1.29 is 15.0 Å². The van der Waals surface area contributed by atoms with Crippen LogP contribution < -0.4 is 15.0 Å². The van der Waals surface area contributed by atoms with Gasteiger partial charge < -0.3 is 15.0 Å². The Hall–Kier alpha value is -1.06. The van der Waals surface area contributed by atoms with Crippen LogP contribution in [0.4, 0.5) is 0 Å². The van der Waals surface area contributed by atoms with Crippen molar-refractivity contribution in [3.8, 4) is 5.75 Å². The third kappa shape index (κ3) is 3.72. The van der Waals surface area contributed by atoms with Gasteiger partial charge in [-0.25, -0.2) is 0 Å². The molecule has 0 radical (unpaired) electrons. The predicted molar refractivity (Wildman–Crippen MR) is 68.3 cm³/mol. The minimum Gasteiger partial charge on any atom is -0.497 e. The lowest BCUT2D eigenvalue weighted by molar-refractivity contribution is -0.894. The molecule has 0 aliphatic carbocycles. The Morgan fingerprint density at radius 2 is 1.88 bits per heavy atom. The number of ether oxygens (including phenoxy) is 1. The lowest BCUT2D eigenvalue weighted by Crippen LogP contribution is -3.12. The summed E-state index contributed by atoms with van der Waals surface area (Å²) >= 11 is 0. The van der Waals surface area contributed by atoms with E-state index in [2.05, 4.69) is 24.5 Å². The maximum absolute atomic E-state index is 5.16. The first-order valence-corrected chi connectivity index (χ1v) is 6.55. The van der Waals surface area contributed by atoms with Gasteiger partial charge in [0.15, 0.2) is 0 Å². The van der Waals surface area contributed by atoms with Gasteiger partial charge in [0.1, 0.15) is 12.3 Å². The highest BCUT2D eigenvalue weighted by molar-refractivity contribution is 5.26. The van der Waals surface area contributed by atoms with Crippen LogP contribution in [0.5, 0.6) is 5.75 Å². The number of rotatable bonds is 4. The zero-order chi connectivity index (χ0) is 12.1. The van der Waals surface area contributed by atoms with Crippen LogP contribution in [0.25, 0.3) is 0 Å². The zero-order valence-corrected chi connectivity index (χ0v) is 10.9. The fraction of sp³-hybridized carbons (Fsp3) is 0.571. The SMILES string of the molecule is COc1ccc(C[NH2+]C2CC[NH+](C)CC2)cc1. The molecule has 1 fully saturated rings. The normalized spacial score (nSPS) is 24.6. The van der Waals surface area contributed by atoms with Crippen LogP contribution in [0.15, 0.2) is 24.3 Å². The summed E-state index contributed by atoms with van der Waals surface area (Å²) in [5.74, 6) is 0.941. The third-order valence-corrected chi connectivity index (χ3v) is 3.73. The maximum atomic E-state index is 5.16. The molecule has 0 spiro atoms. The molecule has 1 aromatic rings. The van der Waals surface area contributed by atoms with Gasteiger partial charge in [-0.05, 0) is 24.3 Å². The number of methoxy groups -OCH3 is 1. The maximum Gasteiger partial charge on any atom is 0.118 e. The van der Waals surface area contributed by atoms with Gasteiger partial charge in [0, 0.05) is 18.4 Å². The molecule has 1 aromatic carbocycles. The quantitative estimate of drug-likeness (QED) is 0.721. The van der Waals surface area contributed by atoms with E-state index in [9.17, 15) is 0 Å². The molecular formula is C14H24N2O+2. The highest BCUT2D eigenvalue weighted by Gasteiger charge is 2.21. The van der Waals surface area contributed by atoms with Crippen molar-refractivity contribution in [3.63, 3.8) is 0 Å². The molecule has 0 unspecified atom stereocenters. The molecule has 1 aliphatic rings. The van der Waals surface area contributed by atoms with Gasteiger partial charge in [-0.2, -0.15) is 0 Å². The number of piperidine rings is 1. The molecule has 3 nitrogen and oxygen atoms in total. The molecule has 3 heteroatoms. The third-order valence-electron chi connectivity index (χ3n) is 3.73. The molecule has 1 heterocycles. The second-order valence-corrected chi connectivity index (χ2v) is 5.08. The average Bonchev–Trinajstić information content (AvgIpc) is 2.39. The Labute approximate surface area is 104 Å². The van der Waals surface area contributed by atoms with E-state index in [4.69, 9.17) is 4.74 Å². The predicted octanol–water partition coefficient (Wildman–Crippen LogP) is -0.564. The van der Waals surface area contributed by atoms with Crippen molar-refractivity contribution in [2.75, 3.05) is 27.2 Å². The van der Waals surface area contributed by atoms with E-state index in [0.717, 1.165) is 18.3 Å². The van der Waals surface area contributed by atoms with Crippen molar-refractivity contribution in [1.82, 2.24) is 0 Å². The molecule has 0 aromatic heterocycles. The lowest BCUT2D eigenvalue weighted by atomic mass is 10.1. The summed E-state index contributed by atoms with van der Waals surface area (Å²) in [7, 11) is 4.00. The molecule has 1 saturated heterocycles. The summed E-state index contributed by atoms with van der Waals surface area (Å²) in [4.78, 5) is 1.68. The Balaban J connectivity index is 1.77. The number of nitrogens with one attached hydrogen (secondary N) is 1. The van der Waals surface area contributed by atoms with Crippen LogP contribution in [-0.4, -0.2) is 33.3 Å². The monoisotopic (exact) mass is 236 g/mol. The largest absolute Gasteiger partial charge is 0.497 e. The first kappa shape index (κ1) is 12.4. The van der Waals surface area contributed by atoms with E-state index in [1.54, 1.807) is 12.0 Å². The van der Waals surface area contributed by atoms with Crippen LogP contribution in [0.1, 0.15) is 18.4 Å². The van der Waals surface area contributed by atoms with E-state index in [1.165, 1.54) is 31.5 Å². The molecule has 1 aliphatic heterocycles. The van der Waals surface area contributed by atoms with Crippen molar-refractivity contribution in [2.45, 2.75) is 25.4 Å². The summed E-state index contributed by atoms with van der Waals surface area (Å²) < 4.78 is 5.16. The first-order chi connectivity index (χ1) is 8.28. The minimum absolute atomic E-state index is 0.820. The lowest BCUT2D eigenvalue weighted by Gasteiger charge is -2.24. The number of hydrogen-bond donors (Lipinski definition) is 2. The Kier molecular flexibility index (Phi) is 4.40. The molecule has 17 heavy (non-hydrogen) atoms. The fourth-order valence-electron chi connectivity index (χ4n) is 2.43. The number of quaternary nitrogens is 2. The Bertz CT molecular complexity index is 329. The number of hydrogen-bond acceptors (Lipinski definition) is 1. The van der Waals surface area contributed by atoms with Gasteiger partial charge in [-0.15, -0.1) is 0 Å². The number of likely N-dealkylation sites (tertiary alicyclic amines) is 1. The van der Waals surface area contributed by atoms with Gasteiger partial charge in [-0.1, -0.05) is 0 Å². The number of benzene rings is 1. The Morgan fingerprint density at radius 1 is 1.24 bits per heavy atom. The van der Waals surface area contributed by atoms with Crippen LogP contribution in [0.3, 0.4) is 0 Å². The van der Waals surface area contributed by atoms with E-state index in [0.29, 0.717) is 0 Å². The van der Waals surface area contributed by atoms with Crippen molar-refractivity contribution in [2.24, 2.45) is 0 Å². The van der Waals surface area contributed by atoms with Gasteiger partial charge in [0.2, 0.25) is 0 Å². The van der Waals surface area contributed by atoms with Crippen molar-refractivity contribution in [1.29, 1.82) is 0 Å². The van der Waals surface area contributed by atoms with E-state index in [-0.39, 0.29) is 0 Å². The molecule has 0 bridgehead atoms. The second kappa shape index (κ2) is 6.03. The highest BCUT2D eigenvalue weighted by atomic mass is 16.5. The number of nitrogens with two attached hydrogens (primary N) is 1. The van der Waals surface area contributed by atoms with Crippen molar-refractivity contribution >= 4 is 0 Å². The summed E-state index contributed by atoms with van der Waals surface area (Å²) in [6.07, 6.45) is 2.70. The molecule has 2 rings (SSSR count). The molecule has 0 amide bonds. The highest BCUT2D eigenvalue weighted by Crippen LogP contribution is 2.10. The molecule has 0 saturated carbocycles. The minimum atomic E-state index is 0.820. The summed E-state index contributed by atoms with van der Waals surface area (Å²) in [5.41, 5.74) is 1.39.